The Bertz CT molecular complexity index is 1450. The van der Waals surface area contributed by atoms with Gasteiger partial charge in [0.1, 0.15) is 0 Å². The molecule has 4 heteroatoms. The smallest absolute Gasteiger partial charge is 0.0253 e. The van der Waals surface area contributed by atoms with E-state index in [9.17, 15) is 0 Å². The number of rotatable bonds is 3. The van der Waals surface area contributed by atoms with E-state index in [-0.39, 0.29) is 24.8 Å². The predicted molar refractivity (Wildman–Crippen MR) is 172 cm³/mol. The molecule has 0 fully saturated rings. The first kappa shape index (κ1) is 36.1. The van der Waals surface area contributed by atoms with Crippen LogP contribution in [0.5, 0.6) is 0 Å². The van der Waals surface area contributed by atoms with Crippen molar-refractivity contribution in [3.8, 4) is 11.1 Å². The fourth-order valence-corrected chi connectivity index (χ4v) is 8.02. The molecular formula is C38H40Cl2SiZr-2. The van der Waals surface area contributed by atoms with Gasteiger partial charge in [0.2, 0.25) is 0 Å². The number of aryl methyl sites for hydroxylation is 2. The van der Waals surface area contributed by atoms with E-state index in [0.717, 1.165) is 6.42 Å². The molecule has 2 aliphatic rings. The Kier molecular flexibility index (Phi) is 13.9. The summed E-state index contributed by atoms with van der Waals surface area (Å²) < 4.78 is 1.42. The maximum atomic E-state index is 3.43. The monoisotopic (exact) mass is 684 g/mol. The van der Waals surface area contributed by atoms with Crippen molar-refractivity contribution in [2.75, 3.05) is 0 Å². The topological polar surface area (TPSA) is 0 Å². The summed E-state index contributed by atoms with van der Waals surface area (Å²) in [5.41, 5.74) is 12.2. The standard InChI is InChI=1S/C15H14.C13H9.C10H17Si.2ClH.Zr/c1-12-3-7-14(8-4-12)11-15-9-5-13(2)6-10-15;1-3-7-12-10(5-1)9-11-6-2-4-8-13(11)12;1-8-6-9(2)10(7-8)11(3,4)5;;;/h3-10H,1-2H3;1-5,7-8H,9H2;7-8H,1-5H3;2*1H;/q;2*-1;;;+2/p-2. The predicted octanol–water partition coefficient (Wildman–Crippen LogP) is 3.67. The van der Waals surface area contributed by atoms with Crippen molar-refractivity contribution in [1.82, 2.24) is 0 Å². The Labute approximate surface area is 282 Å². The minimum atomic E-state index is -1.07. The van der Waals surface area contributed by atoms with Crippen LogP contribution >= 0.6 is 0 Å². The number of halogens is 2. The number of allylic oxidation sites excluding steroid dienone is 4. The van der Waals surface area contributed by atoms with Crippen LogP contribution < -0.4 is 24.8 Å². The molecular weight excluding hydrogens is 647 g/mol. The van der Waals surface area contributed by atoms with E-state index in [1.165, 1.54) is 77.5 Å². The van der Waals surface area contributed by atoms with Crippen molar-refractivity contribution in [3.05, 3.63) is 153 Å². The zero-order valence-corrected chi connectivity index (χ0v) is 30.7. The van der Waals surface area contributed by atoms with E-state index in [4.69, 9.17) is 0 Å². The van der Waals surface area contributed by atoms with Crippen LogP contribution in [-0.2, 0) is 30.7 Å². The normalized spacial score (nSPS) is 14.3. The molecule has 0 aromatic heterocycles. The first-order valence-electron chi connectivity index (χ1n) is 14.2. The first-order chi connectivity index (χ1) is 19.0. The van der Waals surface area contributed by atoms with Gasteiger partial charge in [0, 0.05) is 0 Å². The van der Waals surface area contributed by atoms with E-state index in [1.54, 1.807) is 5.20 Å². The largest absolute Gasteiger partial charge is 1.00 e. The molecule has 0 spiro atoms. The van der Waals surface area contributed by atoms with Gasteiger partial charge in [-0.05, 0) is 14.5 Å². The van der Waals surface area contributed by atoms with Gasteiger partial charge in [0.25, 0.3) is 0 Å². The third-order valence-electron chi connectivity index (χ3n) is 7.37. The second-order valence-electron chi connectivity index (χ2n) is 11.9. The van der Waals surface area contributed by atoms with Crippen molar-refractivity contribution in [2.24, 2.45) is 5.92 Å². The molecule has 0 saturated heterocycles. The SMILES string of the molecule is CC1=[C-]C(C)C=C1[Si](C)(C)C.Cc1ccc([C](=[Zr+2])c2ccc(C)cc2)cc1.[Cl-].[Cl-].[c-]1cccc2c1Cc1ccccc1-2. The zero-order chi connectivity index (χ0) is 28.9. The van der Waals surface area contributed by atoms with Crippen molar-refractivity contribution in [1.29, 1.82) is 0 Å². The molecule has 6 rings (SSSR count). The van der Waals surface area contributed by atoms with Crippen LogP contribution in [-0.4, -0.2) is 11.3 Å². The Morgan fingerprint density at radius 3 is 1.74 bits per heavy atom. The van der Waals surface area contributed by atoms with E-state index in [2.05, 4.69) is 150 Å². The molecule has 0 saturated carbocycles. The third kappa shape index (κ3) is 9.45. The average Bonchev–Trinajstić information content (AvgIpc) is 3.49. The zero-order valence-electron chi connectivity index (χ0n) is 25.8. The molecule has 0 heterocycles. The minimum absolute atomic E-state index is 0. The number of benzene rings is 4. The number of hydrogen-bond donors (Lipinski definition) is 0. The van der Waals surface area contributed by atoms with Gasteiger partial charge in [-0.2, -0.15) is 35.9 Å². The summed E-state index contributed by atoms with van der Waals surface area (Å²) in [4.78, 5) is 0. The second kappa shape index (κ2) is 16.1. The van der Waals surface area contributed by atoms with E-state index in [1.807, 2.05) is 6.07 Å². The number of hydrogen-bond acceptors (Lipinski definition) is 0. The van der Waals surface area contributed by atoms with Crippen molar-refractivity contribution in [2.45, 2.75) is 53.8 Å². The van der Waals surface area contributed by atoms with Crippen LogP contribution in [0.1, 0.15) is 47.2 Å². The molecule has 2 aliphatic carbocycles. The van der Waals surface area contributed by atoms with E-state index < -0.39 is 8.07 Å². The molecule has 0 amide bonds. The molecule has 0 aliphatic heterocycles. The summed E-state index contributed by atoms with van der Waals surface area (Å²) >= 11 is 1.46. The quantitative estimate of drug-likeness (QED) is 0.201. The summed E-state index contributed by atoms with van der Waals surface area (Å²) in [6.07, 6.45) is 6.86. The molecule has 4 aromatic rings. The third-order valence-corrected chi connectivity index (χ3v) is 10.9. The van der Waals surface area contributed by atoms with Crippen LogP contribution in [0.3, 0.4) is 0 Å². The Morgan fingerprint density at radius 2 is 1.26 bits per heavy atom. The fourth-order valence-electron chi connectivity index (χ4n) is 5.25. The van der Waals surface area contributed by atoms with Crippen LogP contribution in [0.25, 0.3) is 11.1 Å². The molecule has 0 N–H and O–H groups in total. The summed E-state index contributed by atoms with van der Waals surface area (Å²) in [6, 6.07) is 35.6. The molecule has 1 unspecified atom stereocenters. The summed E-state index contributed by atoms with van der Waals surface area (Å²) in [5, 5.41) is 1.60. The van der Waals surface area contributed by atoms with Crippen LogP contribution in [0.2, 0.25) is 19.6 Å². The van der Waals surface area contributed by atoms with Gasteiger partial charge in [-0.15, -0.1) is 5.56 Å². The van der Waals surface area contributed by atoms with Gasteiger partial charge in [0.05, 0.1) is 0 Å². The second-order valence-corrected chi connectivity index (χ2v) is 18.2. The maximum absolute atomic E-state index is 3.43. The molecule has 0 bridgehead atoms. The number of fused-ring (bicyclic) bond motifs is 3. The molecule has 216 valence electrons. The average molecular weight is 687 g/mol. The minimum Gasteiger partial charge on any atom is -1.00 e. The first-order valence-corrected chi connectivity index (χ1v) is 18.9. The maximum Gasteiger partial charge on any atom is -0.0253 e. The van der Waals surface area contributed by atoms with Crippen molar-refractivity contribution in [3.63, 3.8) is 0 Å². The molecule has 0 radical (unpaired) electrons. The Morgan fingerprint density at radius 1 is 0.738 bits per heavy atom. The van der Waals surface area contributed by atoms with Crippen LogP contribution in [0.4, 0.5) is 0 Å². The van der Waals surface area contributed by atoms with E-state index in [0.29, 0.717) is 5.92 Å². The molecule has 42 heavy (non-hydrogen) atoms. The van der Waals surface area contributed by atoms with Crippen LogP contribution in [0, 0.1) is 31.9 Å². The molecule has 0 nitrogen and oxygen atoms in total. The van der Waals surface area contributed by atoms with Crippen LogP contribution in [0.15, 0.2) is 108 Å². The van der Waals surface area contributed by atoms with Gasteiger partial charge >= 0.3 is 112 Å². The van der Waals surface area contributed by atoms with E-state index >= 15 is 0 Å². The molecule has 4 aromatic carbocycles. The van der Waals surface area contributed by atoms with Gasteiger partial charge in [-0.3, -0.25) is 6.08 Å². The summed E-state index contributed by atoms with van der Waals surface area (Å²) in [6.45, 7) is 15.8. The Hall–Kier alpha value is -2.09. The van der Waals surface area contributed by atoms with Gasteiger partial charge < -0.3 is 24.8 Å². The van der Waals surface area contributed by atoms with Crippen molar-refractivity contribution >= 4 is 11.3 Å². The van der Waals surface area contributed by atoms with Gasteiger partial charge in [-0.1, -0.05) is 74.8 Å². The van der Waals surface area contributed by atoms with Gasteiger partial charge in [-0.25, -0.2) is 10.8 Å². The molecule has 1 atom stereocenters. The fraction of sp³-hybridized carbons (Fsp3) is 0.237. The summed E-state index contributed by atoms with van der Waals surface area (Å²) in [5.74, 6) is 0.553. The summed E-state index contributed by atoms with van der Waals surface area (Å²) in [7, 11) is -1.07. The van der Waals surface area contributed by atoms with Crippen molar-refractivity contribution < 1.29 is 49.0 Å². The Balaban J connectivity index is 0.000000219. The van der Waals surface area contributed by atoms with Gasteiger partial charge in [0.15, 0.2) is 0 Å².